The summed E-state index contributed by atoms with van der Waals surface area (Å²) >= 11 is 0. The minimum atomic E-state index is -0.940. The first-order chi connectivity index (χ1) is 14.5. The highest BCUT2D eigenvalue weighted by Gasteiger charge is 2.18. The SMILES string of the molecule is O=c1c(-c2ccccc2)nc2cc3c(cc2n1F)nc(-c1ccccc1)c(=O)n3F. The summed E-state index contributed by atoms with van der Waals surface area (Å²) < 4.78 is 29.7. The Morgan fingerprint density at radius 1 is 0.600 bits per heavy atom. The van der Waals surface area contributed by atoms with Gasteiger partial charge in [0.05, 0.1) is 11.0 Å². The third kappa shape index (κ3) is 2.69. The number of hydrogen-bond acceptors (Lipinski definition) is 4. The Bertz CT molecular complexity index is 1430. The molecule has 0 amide bonds. The van der Waals surface area contributed by atoms with Gasteiger partial charge in [-0.05, 0) is 12.1 Å². The fourth-order valence-electron chi connectivity index (χ4n) is 3.36. The fourth-order valence-corrected chi connectivity index (χ4v) is 3.36. The Balaban J connectivity index is 1.84. The van der Waals surface area contributed by atoms with Crippen molar-refractivity contribution in [3.63, 3.8) is 0 Å². The van der Waals surface area contributed by atoms with E-state index in [1.54, 1.807) is 60.7 Å². The summed E-state index contributed by atoms with van der Waals surface area (Å²) in [7, 11) is 0. The van der Waals surface area contributed by atoms with Gasteiger partial charge in [0, 0.05) is 11.1 Å². The highest BCUT2D eigenvalue weighted by Crippen LogP contribution is 2.24. The second kappa shape index (κ2) is 6.70. The molecular weight excluding hydrogens is 390 g/mol. The molecule has 0 unspecified atom stereocenters. The van der Waals surface area contributed by atoms with E-state index in [1.807, 2.05) is 0 Å². The van der Waals surface area contributed by atoms with Crippen LogP contribution in [0, 0.1) is 0 Å². The number of rotatable bonds is 2. The quantitative estimate of drug-likeness (QED) is 0.420. The van der Waals surface area contributed by atoms with Gasteiger partial charge in [0.15, 0.2) is 0 Å². The molecule has 0 radical (unpaired) electrons. The van der Waals surface area contributed by atoms with Gasteiger partial charge < -0.3 is 0 Å². The topological polar surface area (TPSA) is 69.8 Å². The first kappa shape index (κ1) is 17.9. The average Bonchev–Trinajstić information content (AvgIpc) is 2.79. The van der Waals surface area contributed by atoms with Gasteiger partial charge in [-0.3, -0.25) is 9.59 Å². The number of hydrogen-bond donors (Lipinski definition) is 0. The highest BCUT2D eigenvalue weighted by atomic mass is 19.2. The van der Waals surface area contributed by atoms with E-state index in [2.05, 4.69) is 9.97 Å². The zero-order valence-corrected chi connectivity index (χ0v) is 15.3. The molecule has 0 N–H and O–H groups in total. The molecule has 5 aromatic rings. The molecule has 8 heteroatoms. The van der Waals surface area contributed by atoms with Gasteiger partial charge in [-0.2, -0.15) is 0 Å². The van der Waals surface area contributed by atoms with E-state index in [0.29, 0.717) is 11.1 Å². The van der Waals surface area contributed by atoms with Gasteiger partial charge in [0.2, 0.25) is 0 Å². The Morgan fingerprint density at radius 3 is 1.33 bits per heavy atom. The molecule has 146 valence electrons. The van der Waals surface area contributed by atoms with Crippen LogP contribution in [0.3, 0.4) is 0 Å². The monoisotopic (exact) mass is 402 g/mol. The largest absolute Gasteiger partial charge is 0.305 e. The van der Waals surface area contributed by atoms with Crippen molar-refractivity contribution in [2.75, 3.05) is 0 Å². The van der Waals surface area contributed by atoms with Crippen molar-refractivity contribution in [1.82, 2.24) is 19.5 Å². The highest BCUT2D eigenvalue weighted by molar-refractivity contribution is 5.92. The summed E-state index contributed by atoms with van der Waals surface area (Å²) in [5.41, 5.74) is -1.58. The van der Waals surface area contributed by atoms with Crippen LogP contribution >= 0.6 is 0 Å². The maximum absolute atomic E-state index is 14.8. The molecule has 2 aromatic heterocycles. The summed E-state index contributed by atoms with van der Waals surface area (Å²) in [6.07, 6.45) is 0. The van der Waals surface area contributed by atoms with E-state index in [9.17, 15) is 18.6 Å². The fraction of sp³-hybridized carbons (Fsp3) is 0. The van der Waals surface area contributed by atoms with Crippen molar-refractivity contribution < 1.29 is 8.96 Å². The van der Waals surface area contributed by atoms with Gasteiger partial charge in [-0.15, -0.1) is 9.58 Å². The maximum atomic E-state index is 14.8. The standard InChI is InChI=1S/C22H12F2N4O2/c23-27-17-12-16-18(28(24)22(30)20(26-16)14-9-5-2-6-10-14)11-15(17)25-19(21(27)29)13-7-3-1-4-8-13/h1-12H. The molecule has 0 aliphatic heterocycles. The number of fused-ring (bicyclic) bond motifs is 2. The van der Waals surface area contributed by atoms with Crippen LogP contribution in [0.2, 0.25) is 0 Å². The molecule has 0 spiro atoms. The molecule has 0 aliphatic rings. The third-order valence-electron chi connectivity index (χ3n) is 4.82. The Labute approximate surface area is 167 Å². The lowest BCUT2D eigenvalue weighted by atomic mass is 10.1. The predicted molar refractivity (Wildman–Crippen MR) is 109 cm³/mol. The smallest absolute Gasteiger partial charge is 0.264 e. The molecule has 3 aromatic carbocycles. The molecule has 0 fully saturated rings. The summed E-state index contributed by atoms with van der Waals surface area (Å²) in [6.45, 7) is 0. The molecule has 5 rings (SSSR count). The molecule has 0 saturated carbocycles. The third-order valence-corrected chi connectivity index (χ3v) is 4.82. The molecule has 30 heavy (non-hydrogen) atoms. The maximum Gasteiger partial charge on any atom is 0.305 e. The molecule has 0 saturated heterocycles. The minimum absolute atomic E-state index is 0.0171. The number of benzene rings is 3. The molecular formula is C22H12F2N4O2. The first-order valence-corrected chi connectivity index (χ1v) is 9.01. The summed E-state index contributed by atoms with van der Waals surface area (Å²) in [4.78, 5) is 33.4. The molecule has 6 nitrogen and oxygen atoms in total. The van der Waals surface area contributed by atoms with Gasteiger partial charge in [0.1, 0.15) is 22.4 Å². The number of halogens is 2. The van der Waals surface area contributed by atoms with Gasteiger partial charge in [-0.1, -0.05) is 69.6 Å². The lowest BCUT2D eigenvalue weighted by Crippen LogP contribution is -2.20. The van der Waals surface area contributed by atoms with Crippen molar-refractivity contribution >= 4 is 22.1 Å². The van der Waals surface area contributed by atoms with E-state index in [-0.39, 0.29) is 43.0 Å². The zero-order chi connectivity index (χ0) is 20.8. The normalized spacial score (nSPS) is 11.3. The van der Waals surface area contributed by atoms with Crippen LogP contribution in [0.1, 0.15) is 0 Å². The van der Waals surface area contributed by atoms with Crippen LogP contribution < -0.4 is 11.1 Å². The molecule has 0 atom stereocenters. The van der Waals surface area contributed by atoms with Crippen molar-refractivity contribution in [2.24, 2.45) is 0 Å². The van der Waals surface area contributed by atoms with E-state index >= 15 is 0 Å². The first-order valence-electron chi connectivity index (χ1n) is 9.01. The van der Waals surface area contributed by atoms with Crippen LogP contribution in [0.15, 0.2) is 82.4 Å². The second-order valence-corrected chi connectivity index (χ2v) is 6.65. The summed E-state index contributed by atoms with van der Waals surface area (Å²) in [5, 5.41) is 0. The lowest BCUT2D eigenvalue weighted by molar-refractivity contribution is 0.368. The van der Waals surface area contributed by atoms with Crippen LogP contribution in [0.25, 0.3) is 44.6 Å². The number of aromatic nitrogens is 4. The predicted octanol–water partition coefficient (Wildman–Crippen LogP) is 3.91. The lowest BCUT2D eigenvalue weighted by Gasteiger charge is -2.09. The second-order valence-electron chi connectivity index (χ2n) is 6.65. The van der Waals surface area contributed by atoms with E-state index < -0.39 is 11.1 Å². The van der Waals surface area contributed by atoms with Crippen LogP contribution in [0.4, 0.5) is 8.96 Å². The summed E-state index contributed by atoms with van der Waals surface area (Å²) in [5.74, 6) is 0. The van der Waals surface area contributed by atoms with Crippen LogP contribution in [-0.2, 0) is 0 Å². The van der Waals surface area contributed by atoms with Crippen molar-refractivity contribution in [2.45, 2.75) is 0 Å². The van der Waals surface area contributed by atoms with E-state index in [0.717, 1.165) is 0 Å². The van der Waals surface area contributed by atoms with Gasteiger partial charge in [-0.25, -0.2) is 9.97 Å². The van der Waals surface area contributed by atoms with Crippen LogP contribution in [-0.4, -0.2) is 19.5 Å². The zero-order valence-electron chi connectivity index (χ0n) is 15.3. The molecule has 2 heterocycles. The van der Waals surface area contributed by atoms with Crippen molar-refractivity contribution in [1.29, 1.82) is 0 Å². The van der Waals surface area contributed by atoms with Gasteiger partial charge >= 0.3 is 11.1 Å². The molecule has 0 aliphatic carbocycles. The number of nitrogens with zero attached hydrogens (tertiary/aromatic N) is 4. The van der Waals surface area contributed by atoms with Crippen molar-refractivity contribution in [3.8, 4) is 22.5 Å². The molecule has 0 bridgehead atoms. The minimum Gasteiger partial charge on any atom is -0.264 e. The Hall–Kier alpha value is -4.20. The Kier molecular flexibility index (Phi) is 3.99. The van der Waals surface area contributed by atoms with E-state index in [1.165, 1.54) is 12.1 Å². The summed E-state index contributed by atoms with van der Waals surface area (Å²) in [6, 6.07) is 19.2. The van der Waals surface area contributed by atoms with E-state index in [4.69, 9.17) is 0 Å². The van der Waals surface area contributed by atoms with Gasteiger partial charge in [0.25, 0.3) is 0 Å². The van der Waals surface area contributed by atoms with Crippen molar-refractivity contribution in [3.05, 3.63) is 93.5 Å². The average molecular weight is 402 g/mol. The Morgan fingerprint density at radius 2 is 0.967 bits per heavy atom. The van der Waals surface area contributed by atoms with Crippen LogP contribution in [0.5, 0.6) is 0 Å².